The van der Waals surface area contributed by atoms with E-state index in [2.05, 4.69) is 0 Å². The summed E-state index contributed by atoms with van der Waals surface area (Å²) in [5, 5.41) is 6.40. The molecule has 1 atom stereocenters. The highest BCUT2D eigenvalue weighted by molar-refractivity contribution is 7.87. The van der Waals surface area contributed by atoms with E-state index < -0.39 is 33.6 Å². The summed E-state index contributed by atoms with van der Waals surface area (Å²) in [5.74, 6) is -2.36. The number of carbonyl (C=O) groups is 2. The van der Waals surface area contributed by atoms with Crippen molar-refractivity contribution < 1.29 is 27.8 Å². The monoisotopic (exact) mass is 231 g/mol. The predicted octanol–water partition coefficient (Wildman–Crippen LogP) is -1.19. The molecule has 1 heterocycles. The Labute approximate surface area is 79.4 Å². The molecule has 0 radical (unpaired) electrons. The van der Waals surface area contributed by atoms with Gasteiger partial charge in [-0.3, -0.25) is 19.3 Å². The number of hydroxylamine groups is 2. The Morgan fingerprint density at radius 3 is 2.00 bits per heavy atom. The van der Waals surface area contributed by atoms with Crippen molar-refractivity contribution in [1.82, 2.24) is 5.06 Å². The Kier molecular flexibility index (Phi) is 3.39. The molecule has 0 aliphatic carbocycles. The van der Waals surface area contributed by atoms with Gasteiger partial charge >= 0.3 is 0 Å². The maximum Gasteiger partial charge on any atom is 0.277 e. The zero-order valence-electron chi connectivity index (χ0n) is 6.08. The zero-order valence-corrected chi connectivity index (χ0v) is 7.71. The van der Waals surface area contributed by atoms with E-state index >= 15 is 0 Å². The lowest BCUT2D eigenvalue weighted by atomic mass is 10.4. The molecule has 2 amide bonds. The third kappa shape index (κ3) is 2.15. The number of halogens is 1. The molecule has 0 spiro atoms. The fourth-order valence-electron chi connectivity index (χ4n) is 0.824. The van der Waals surface area contributed by atoms with E-state index in [0.717, 1.165) is 0 Å². The van der Waals surface area contributed by atoms with E-state index in [4.69, 9.17) is 9.76 Å². The van der Waals surface area contributed by atoms with Crippen molar-refractivity contribution in [1.29, 1.82) is 0 Å². The lowest BCUT2D eigenvalue weighted by Gasteiger charge is -2.02. The average molecular weight is 232 g/mol. The summed E-state index contributed by atoms with van der Waals surface area (Å²) in [5.41, 5.74) is 0. The van der Waals surface area contributed by atoms with Crippen LogP contribution in [0.3, 0.4) is 0 Å². The smallest absolute Gasteiger partial charge is 0.277 e. The molecule has 0 aromatic carbocycles. The fraction of sp³-hybridized carbons (Fsp3) is 0.500. The van der Waals surface area contributed by atoms with Gasteiger partial charge in [-0.2, -0.15) is 13.5 Å². The van der Waals surface area contributed by atoms with Gasteiger partial charge in [0.1, 0.15) is 0 Å². The van der Waals surface area contributed by atoms with Gasteiger partial charge in [-0.15, -0.1) is 12.4 Å². The van der Waals surface area contributed by atoms with Crippen LogP contribution in [0.5, 0.6) is 0 Å². The van der Waals surface area contributed by atoms with Crippen LogP contribution in [0.2, 0.25) is 0 Å². The summed E-state index contributed by atoms with van der Waals surface area (Å²) in [6.45, 7) is 0. The third-order valence-electron chi connectivity index (χ3n) is 1.44. The van der Waals surface area contributed by atoms with E-state index in [-0.39, 0.29) is 17.5 Å². The van der Waals surface area contributed by atoms with Gasteiger partial charge in [0.25, 0.3) is 21.9 Å². The zero-order chi connectivity index (χ0) is 9.52. The number of amides is 2. The first-order chi connectivity index (χ1) is 5.34. The third-order valence-corrected chi connectivity index (χ3v) is 2.53. The minimum absolute atomic E-state index is 0. The van der Waals surface area contributed by atoms with Crippen LogP contribution in [0.25, 0.3) is 0 Å². The first-order valence-electron chi connectivity index (χ1n) is 2.86. The van der Waals surface area contributed by atoms with Crippen LogP contribution in [0, 0.1) is 0 Å². The summed E-state index contributed by atoms with van der Waals surface area (Å²) in [4.78, 5) is 21.2. The van der Waals surface area contributed by atoms with Crippen LogP contribution < -0.4 is 0 Å². The molecular formula is C4H6ClNO6S. The van der Waals surface area contributed by atoms with Gasteiger partial charge in [0, 0.05) is 0 Å². The molecule has 0 saturated carbocycles. The van der Waals surface area contributed by atoms with E-state index in [1.807, 2.05) is 0 Å². The second kappa shape index (κ2) is 3.58. The number of imide groups is 1. The first kappa shape index (κ1) is 12.3. The predicted molar refractivity (Wildman–Crippen MR) is 40.8 cm³/mol. The molecule has 1 aliphatic rings. The minimum Gasteiger partial charge on any atom is -0.285 e. The standard InChI is InChI=1S/C4H5NO6S.ClH/c6-3-1-2(12(9,10)11)4(7)5(3)8;/h2,8H,1H2,(H,9,10,11);1H. The topological polar surface area (TPSA) is 112 Å². The molecule has 2 N–H and O–H groups in total. The summed E-state index contributed by atoms with van der Waals surface area (Å²) >= 11 is 0. The maximum atomic E-state index is 10.7. The highest BCUT2D eigenvalue weighted by Crippen LogP contribution is 2.16. The average Bonchev–Trinajstić information content (AvgIpc) is 2.15. The molecule has 0 bridgehead atoms. The summed E-state index contributed by atoms with van der Waals surface area (Å²) < 4.78 is 29.1. The number of rotatable bonds is 1. The summed E-state index contributed by atoms with van der Waals surface area (Å²) in [7, 11) is -4.59. The van der Waals surface area contributed by atoms with Crippen molar-refractivity contribution in [2.45, 2.75) is 11.7 Å². The van der Waals surface area contributed by atoms with Crippen LogP contribution in [0.1, 0.15) is 6.42 Å². The number of carbonyl (C=O) groups excluding carboxylic acids is 2. The van der Waals surface area contributed by atoms with Gasteiger partial charge < -0.3 is 0 Å². The molecule has 7 nitrogen and oxygen atoms in total. The van der Waals surface area contributed by atoms with Gasteiger partial charge in [0.2, 0.25) is 0 Å². The molecule has 1 rings (SSSR count). The Balaban J connectivity index is 0.00000144. The molecule has 13 heavy (non-hydrogen) atoms. The van der Waals surface area contributed by atoms with Crippen molar-refractivity contribution in [2.75, 3.05) is 0 Å². The van der Waals surface area contributed by atoms with Crippen molar-refractivity contribution in [3.63, 3.8) is 0 Å². The quantitative estimate of drug-likeness (QED) is 0.334. The molecule has 76 valence electrons. The van der Waals surface area contributed by atoms with Gasteiger partial charge in [-0.05, 0) is 0 Å². The van der Waals surface area contributed by atoms with Gasteiger partial charge in [-0.1, -0.05) is 0 Å². The van der Waals surface area contributed by atoms with Gasteiger partial charge in [0.15, 0.2) is 5.25 Å². The molecule has 1 unspecified atom stereocenters. The van der Waals surface area contributed by atoms with Crippen LogP contribution in [0.4, 0.5) is 0 Å². The van der Waals surface area contributed by atoms with E-state index in [0.29, 0.717) is 0 Å². The summed E-state index contributed by atoms with van der Waals surface area (Å²) in [6.07, 6.45) is -0.714. The van der Waals surface area contributed by atoms with Crippen LogP contribution >= 0.6 is 12.4 Å². The van der Waals surface area contributed by atoms with E-state index in [9.17, 15) is 18.0 Å². The lowest BCUT2D eigenvalue weighted by molar-refractivity contribution is -0.171. The summed E-state index contributed by atoms with van der Waals surface area (Å²) in [6, 6.07) is 0. The largest absolute Gasteiger partial charge is 0.285 e. The van der Waals surface area contributed by atoms with Crippen molar-refractivity contribution in [3.8, 4) is 0 Å². The molecule has 0 aromatic heterocycles. The first-order valence-corrected chi connectivity index (χ1v) is 4.36. The Morgan fingerprint density at radius 2 is 1.85 bits per heavy atom. The van der Waals surface area contributed by atoms with Crippen LogP contribution in [0.15, 0.2) is 0 Å². The molecule has 9 heteroatoms. The Bertz CT molecular complexity index is 337. The normalized spacial score (nSPS) is 23.2. The lowest BCUT2D eigenvalue weighted by Crippen LogP contribution is -2.32. The second-order valence-corrected chi connectivity index (χ2v) is 3.85. The molecule has 0 aromatic rings. The van der Waals surface area contributed by atoms with Gasteiger partial charge in [-0.25, -0.2) is 0 Å². The number of nitrogens with zero attached hydrogens (tertiary/aromatic N) is 1. The second-order valence-electron chi connectivity index (χ2n) is 2.25. The SMILES string of the molecule is Cl.O=C1CC(S(=O)(=O)O)C(=O)N1O. The van der Waals surface area contributed by atoms with Crippen molar-refractivity contribution in [3.05, 3.63) is 0 Å². The minimum atomic E-state index is -4.59. The van der Waals surface area contributed by atoms with E-state index in [1.165, 1.54) is 0 Å². The van der Waals surface area contributed by atoms with Crippen LogP contribution in [-0.4, -0.2) is 40.3 Å². The Hall–Kier alpha value is -0.700. The Morgan fingerprint density at radius 1 is 1.38 bits per heavy atom. The van der Waals surface area contributed by atoms with Crippen LogP contribution in [-0.2, 0) is 19.7 Å². The molecular weight excluding hydrogens is 226 g/mol. The molecule has 1 fully saturated rings. The maximum absolute atomic E-state index is 10.7. The highest BCUT2D eigenvalue weighted by Gasteiger charge is 2.45. The van der Waals surface area contributed by atoms with E-state index in [1.54, 1.807) is 0 Å². The number of hydrogen-bond acceptors (Lipinski definition) is 5. The molecule has 1 aliphatic heterocycles. The fourth-order valence-corrected chi connectivity index (χ4v) is 1.53. The van der Waals surface area contributed by atoms with Crippen molar-refractivity contribution >= 4 is 34.3 Å². The number of hydrogen-bond donors (Lipinski definition) is 2. The molecule has 1 saturated heterocycles. The van der Waals surface area contributed by atoms with Gasteiger partial charge in [0.05, 0.1) is 6.42 Å². The highest BCUT2D eigenvalue weighted by atomic mass is 35.5. The van der Waals surface area contributed by atoms with Crippen molar-refractivity contribution in [2.24, 2.45) is 0 Å².